The predicted octanol–water partition coefficient (Wildman–Crippen LogP) is 7.17. The fraction of sp³-hybridized carbons (Fsp3) is 0.345. The van der Waals surface area contributed by atoms with Crippen LogP contribution >= 0.6 is 23.2 Å². The van der Waals surface area contributed by atoms with Gasteiger partial charge in [-0.1, -0.05) is 62.0 Å². The molecule has 0 radical (unpaired) electrons. The monoisotopic (exact) mass is 538 g/mol. The van der Waals surface area contributed by atoms with Crippen LogP contribution in [-0.4, -0.2) is 27.8 Å². The molecular formula is C29H32Cl2N4O2. The molecule has 3 N–H and O–H groups in total. The molecule has 2 aromatic carbocycles. The zero-order chi connectivity index (χ0) is 26.5. The van der Waals surface area contributed by atoms with Gasteiger partial charge in [0.1, 0.15) is 5.82 Å². The summed E-state index contributed by atoms with van der Waals surface area (Å²) in [6, 6.07) is 10.6. The molecule has 4 rings (SSSR count). The Morgan fingerprint density at radius 2 is 1.78 bits per heavy atom. The van der Waals surface area contributed by atoms with E-state index in [2.05, 4.69) is 22.5 Å². The number of rotatable bonds is 7. The van der Waals surface area contributed by atoms with Crippen molar-refractivity contribution in [3.63, 3.8) is 0 Å². The average Bonchev–Trinajstić information content (AvgIpc) is 3.32. The van der Waals surface area contributed by atoms with Gasteiger partial charge in [-0.2, -0.15) is 0 Å². The lowest BCUT2D eigenvalue weighted by molar-refractivity contribution is 0.0909. The second kappa shape index (κ2) is 12.0. The van der Waals surface area contributed by atoms with Crippen molar-refractivity contribution in [3.05, 3.63) is 87.3 Å². The maximum absolute atomic E-state index is 12.9. The molecule has 0 aliphatic heterocycles. The van der Waals surface area contributed by atoms with Crippen LogP contribution in [-0.2, 0) is 0 Å². The first kappa shape index (κ1) is 27.0. The second-order valence-corrected chi connectivity index (χ2v) is 10.5. The smallest absolute Gasteiger partial charge is 0.255 e. The van der Waals surface area contributed by atoms with Crippen molar-refractivity contribution in [3.8, 4) is 0 Å². The minimum Gasteiger partial charge on any atom is -0.349 e. The third kappa shape index (κ3) is 6.62. The number of aromatic nitrogens is 2. The molecule has 1 aliphatic rings. The summed E-state index contributed by atoms with van der Waals surface area (Å²) in [7, 11) is 0. The first-order valence-corrected chi connectivity index (χ1v) is 13.4. The number of fused-ring (bicyclic) bond motifs is 1. The Kier molecular flexibility index (Phi) is 8.72. The number of H-pyrrole nitrogens is 1. The van der Waals surface area contributed by atoms with Crippen molar-refractivity contribution >= 4 is 46.0 Å². The number of carbonyl (C=O) groups excluding carboxylic acids is 2. The van der Waals surface area contributed by atoms with Crippen LogP contribution in [0.3, 0.4) is 0 Å². The number of imidazole rings is 1. The topological polar surface area (TPSA) is 86.9 Å². The molecule has 0 bridgehead atoms. The lowest BCUT2D eigenvalue weighted by atomic mass is 9.86. The summed E-state index contributed by atoms with van der Waals surface area (Å²) in [4.78, 5) is 33.5. The van der Waals surface area contributed by atoms with Gasteiger partial charge in [-0.3, -0.25) is 9.59 Å². The summed E-state index contributed by atoms with van der Waals surface area (Å²) < 4.78 is 0. The SMILES string of the molecule is C/C=C(\C=C/C(C)c1nc2ccc(C(=O)NC3CCCCC3C)cc2[nH]1)NC(=O)c1ccc(Cl)c(Cl)c1. The number of carbonyl (C=O) groups is 2. The zero-order valence-corrected chi connectivity index (χ0v) is 22.8. The van der Waals surface area contributed by atoms with Crippen molar-refractivity contribution in [1.82, 2.24) is 20.6 Å². The summed E-state index contributed by atoms with van der Waals surface area (Å²) >= 11 is 12.0. The number of hydrogen-bond donors (Lipinski definition) is 3. The standard InChI is InChI=1S/C29H32Cl2N4O2/c1-4-21(32-28(36)19-10-13-22(30)23(31)15-19)12-9-18(3)27-33-25-14-11-20(16-26(25)34-27)29(37)35-24-8-6-5-7-17(24)2/h4,9-18,24H,5-8H2,1-3H3,(H,32,36)(H,33,34)(H,35,37)/b12-9-,21-4+. The Labute approximate surface area is 227 Å². The second-order valence-electron chi connectivity index (χ2n) is 9.67. The van der Waals surface area contributed by atoms with Gasteiger partial charge in [-0.05, 0) is 68.2 Å². The van der Waals surface area contributed by atoms with Crippen molar-refractivity contribution in [2.45, 2.75) is 58.4 Å². The number of nitrogens with one attached hydrogen (secondary N) is 3. The van der Waals surface area contributed by atoms with Gasteiger partial charge in [0.05, 0.1) is 21.1 Å². The Balaban J connectivity index is 1.42. The molecule has 3 aromatic rings. The van der Waals surface area contributed by atoms with Gasteiger partial charge in [0.2, 0.25) is 0 Å². The molecule has 3 unspecified atom stereocenters. The number of hydrogen-bond acceptors (Lipinski definition) is 3. The van der Waals surface area contributed by atoms with Crippen LogP contribution in [0.5, 0.6) is 0 Å². The van der Waals surface area contributed by atoms with Crippen molar-refractivity contribution in [2.24, 2.45) is 5.92 Å². The van der Waals surface area contributed by atoms with Gasteiger partial charge in [0, 0.05) is 28.8 Å². The molecule has 1 fully saturated rings. The molecule has 0 spiro atoms. The quantitative estimate of drug-likeness (QED) is 0.278. The van der Waals surface area contributed by atoms with Gasteiger partial charge in [-0.15, -0.1) is 0 Å². The number of allylic oxidation sites excluding steroid dienone is 3. The number of aromatic amines is 1. The molecule has 194 valence electrons. The number of benzene rings is 2. The maximum Gasteiger partial charge on any atom is 0.255 e. The highest BCUT2D eigenvalue weighted by atomic mass is 35.5. The summed E-state index contributed by atoms with van der Waals surface area (Å²) in [5, 5.41) is 6.82. The predicted molar refractivity (Wildman–Crippen MR) is 150 cm³/mol. The van der Waals surface area contributed by atoms with Gasteiger partial charge < -0.3 is 15.6 Å². The third-order valence-electron chi connectivity index (χ3n) is 6.94. The summed E-state index contributed by atoms with van der Waals surface area (Å²) in [6.45, 7) is 6.07. The van der Waals surface area contributed by atoms with Gasteiger partial charge in [-0.25, -0.2) is 4.98 Å². The molecule has 0 saturated heterocycles. The van der Waals surface area contributed by atoms with E-state index in [0.717, 1.165) is 36.1 Å². The van der Waals surface area contributed by atoms with E-state index >= 15 is 0 Å². The minimum atomic E-state index is -0.277. The highest BCUT2D eigenvalue weighted by Crippen LogP contribution is 2.25. The van der Waals surface area contributed by atoms with E-state index in [9.17, 15) is 9.59 Å². The first-order chi connectivity index (χ1) is 17.7. The summed E-state index contributed by atoms with van der Waals surface area (Å²) in [5.41, 5.74) is 3.32. The third-order valence-corrected chi connectivity index (χ3v) is 7.68. The van der Waals surface area contributed by atoms with Gasteiger partial charge >= 0.3 is 0 Å². The summed E-state index contributed by atoms with van der Waals surface area (Å²) in [6.07, 6.45) is 10.2. The van der Waals surface area contributed by atoms with E-state index in [4.69, 9.17) is 28.2 Å². The van der Waals surface area contributed by atoms with Crippen LogP contribution in [0.15, 0.2) is 60.3 Å². The highest BCUT2D eigenvalue weighted by molar-refractivity contribution is 6.42. The molecular weight excluding hydrogens is 507 g/mol. The first-order valence-electron chi connectivity index (χ1n) is 12.7. The molecule has 1 heterocycles. The Morgan fingerprint density at radius 3 is 2.51 bits per heavy atom. The van der Waals surface area contributed by atoms with E-state index in [1.165, 1.54) is 12.5 Å². The Morgan fingerprint density at radius 1 is 1.05 bits per heavy atom. The van der Waals surface area contributed by atoms with Crippen LogP contribution in [0, 0.1) is 5.92 Å². The molecule has 3 atom stereocenters. The molecule has 37 heavy (non-hydrogen) atoms. The maximum atomic E-state index is 12.9. The molecule has 6 nitrogen and oxygen atoms in total. The Hall–Kier alpha value is -3.09. The van der Waals surface area contributed by atoms with E-state index < -0.39 is 0 Å². The van der Waals surface area contributed by atoms with E-state index in [1.807, 2.05) is 50.3 Å². The minimum absolute atomic E-state index is 0.0415. The van der Waals surface area contributed by atoms with Crippen LogP contribution in [0.1, 0.15) is 78.9 Å². The highest BCUT2D eigenvalue weighted by Gasteiger charge is 2.23. The van der Waals surface area contributed by atoms with Crippen LogP contribution < -0.4 is 10.6 Å². The van der Waals surface area contributed by atoms with Crippen LogP contribution in [0.2, 0.25) is 10.0 Å². The lowest BCUT2D eigenvalue weighted by Gasteiger charge is -2.29. The van der Waals surface area contributed by atoms with Crippen molar-refractivity contribution in [2.75, 3.05) is 0 Å². The Bertz CT molecular complexity index is 1360. The molecule has 1 saturated carbocycles. The normalized spacial score (nSPS) is 19.2. The molecule has 1 aliphatic carbocycles. The van der Waals surface area contributed by atoms with Crippen LogP contribution in [0.25, 0.3) is 11.0 Å². The average molecular weight is 540 g/mol. The molecule has 2 amide bonds. The fourth-order valence-electron chi connectivity index (χ4n) is 4.56. The van der Waals surface area contributed by atoms with E-state index in [0.29, 0.717) is 32.8 Å². The number of halogens is 2. The summed E-state index contributed by atoms with van der Waals surface area (Å²) in [5.74, 6) is 0.908. The van der Waals surface area contributed by atoms with Gasteiger partial charge in [0.15, 0.2) is 0 Å². The molecule has 8 heteroatoms. The van der Waals surface area contributed by atoms with E-state index in [1.54, 1.807) is 12.1 Å². The largest absolute Gasteiger partial charge is 0.349 e. The van der Waals surface area contributed by atoms with Crippen molar-refractivity contribution < 1.29 is 9.59 Å². The van der Waals surface area contributed by atoms with Gasteiger partial charge in [0.25, 0.3) is 11.8 Å². The fourth-order valence-corrected chi connectivity index (χ4v) is 4.86. The van der Waals surface area contributed by atoms with Crippen LogP contribution in [0.4, 0.5) is 0 Å². The van der Waals surface area contributed by atoms with Crippen molar-refractivity contribution in [1.29, 1.82) is 0 Å². The lowest BCUT2D eigenvalue weighted by Crippen LogP contribution is -2.41. The van der Waals surface area contributed by atoms with E-state index in [-0.39, 0.29) is 23.8 Å². The zero-order valence-electron chi connectivity index (χ0n) is 21.3. The number of amides is 2. The molecule has 1 aromatic heterocycles. The number of nitrogens with zero attached hydrogens (tertiary/aromatic N) is 1.